The second-order valence-electron chi connectivity index (χ2n) is 5.95. The summed E-state index contributed by atoms with van der Waals surface area (Å²) in [5.41, 5.74) is 2.46. The van der Waals surface area contributed by atoms with E-state index in [2.05, 4.69) is 10.3 Å². The van der Waals surface area contributed by atoms with E-state index < -0.39 is 6.10 Å². The second kappa shape index (κ2) is 8.68. The molecular weight excluding hydrogens is 360 g/mol. The van der Waals surface area contributed by atoms with Gasteiger partial charge in [0.25, 0.3) is 5.91 Å². The van der Waals surface area contributed by atoms with Crippen molar-refractivity contribution in [3.8, 4) is 22.8 Å². The number of hydrogen-bond donors (Lipinski definition) is 1. The van der Waals surface area contributed by atoms with Gasteiger partial charge in [0.1, 0.15) is 11.5 Å². The minimum Gasteiger partial charge on any atom is -0.494 e. The van der Waals surface area contributed by atoms with E-state index in [-0.39, 0.29) is 5.91 Å². The zero-order valence-electron chi connectivity index (χ0n) is 15.6. The number of nitrogens with zero attached hydrogens (tertiary/aromatic N) is 1. The number of para-hydroxylation sites is 1. The molecule has 5 nitrogen and oxygen atoms in total. The van der Waals surface area contributed by atoms with Gasteiger partial charge in [-0.05, 0) is 51.1 Å². The fraction of sp³-hybridized carbons (Fsp3) is 0.238. The molecule has 0 aliphatic carbocycles. The molecule has 0 saturated carbocycles. The van der Waals surface area contributed by atoms with Crippen molar-refractivity contribution in [3.05, 3.63) is 58.9 Å². The number of carbonyl (C=O) groups excluding carboxylic acids is 1. The summed E-state index contributed by atoms with van der Waals surface area (Å²) in [6.07, 6.45) is -0.645. The fourth-order valence-electron chi connectivity index (χ4n) is 2.58. The van der Waals surface area contributed by atoms with Crippen molar-refractivity contribution in [1.82, 2.24) is 4.98 Å². The number of aryl methyl sites for hydroxylation is 1. The van der Waals surface area contributed by atoms with Gasteiger partial charge in [-0.3, -0.25) is 4.79 Å². The van der Waals surface area contributed by atoms with E-state index in [4.69, 9.17) is 9.47 Å². The molecule has 1 amide bonds. The molecule has 0 saturated heterocycles. The van der Waals surface area contributed by atoms with E-state index in [0.29, 0.717) is 12.4 Å². The summed E-state index contributed by atoms with van der Waals surface area (Å²) < 4.78 is 11.2. The summed E-state index contributed by atoms with van der Waals surface area (Å²) in [5.74, 6) is 1.17. The number of benzene rings is 2. The number of hydrogen-bond acceptors (Lipinski definition) is 5. The molecule has 1 atom stereocenters. The number of nitrogens with one attached hydrogen (secondary N) is 1. The van der Waals surface area contributed by atoms with Gasteiger partial charge in [-0.25, -0.2) is 4.98 Å². The van der Waals surface area contributed by atoms with Crippen molar-refractivity contribution in [3.63, 3.8) is 0 Å². The van der Waals surface area contributed by atoms with Crippen molar-refractivity contribution >= 4 is 22.9 Å². The van der Waals surface area contributed by atoms with Crippen molar-refractivity contribution in [1.29, 1.82) is 0 Å². The average Bonchev–Trinajstić information content (AvgIpc) is 3.10. The molecule has 0 radical (unpaired) electrons. The van der Waals surface area contributed by atoms with E-state index in [1.807, 2.05) is 55.6 Å². The molecular formula is C21H22N2O3S. The lowest BCUT2D eigenvalue weighted by Crippen LogP contribution is -2.30. The number of rotatable bonds is 7. The monoisotopic (exact) mass is 382 g/mol. The average molecular weight is 382 g/mol. The highest BCUT2D eigenvalue weighted by Gasteiger charge is 2.17. The smallest absolute Gasteiger partial charge is 0.265 e. The Morgan fingerprint density at radius 2 is 1.85 bits per heavy atom. The van der Waals surface area contributed by atoms with Gasteiger partial charge in [0.15, 0.2) is 6.10 Å². The van der Waals surface area contributed by atoms with Crippen LogP contribution >= 0.6 is 11.3 Å². The molecule has 27 heavy (non-hydrogen) atoms. The summed E-state index contributed by atoms with van der Waals surface area (Å²) in [4.78, 5) is 17.1. The van der Waals surface area contributed by atoms with Crippen LogP contribution in [0.5, 0.6) is 11.5 Å². The molecule has 1 aromatic heterocycles. The Balaban J connectivity index is 1.68. The number of thiazole rings is 1. The van der Waals surface area contributed by atoms with E-state index in [9.17, 15) is 4.79 Å². The van der Waals surface area contributed by atoms with Gasteiger partial charge in [-0.1, -0.05) is 18.2 Å². The zero-order chi connectivity index (χ0) is 19.2. The molecule has 1 N–H and O–H groups in total. The molecule has 1 unspecified atom stereocenters. The third kappa shape index (κ3) is 4.86. The van der Waals surface area contributed by atoms with Crippen LogP contribution in [0.1, 0.15) is 18.9 Å². The van der Waals surface area contributed by atoms with Crippen molar-refractivity contribution in [2.24, 2.45) is 0 Å². The molecule has 2 aromatic carbocycles. The van der Waals surface area contributed by atoms with Crippen LogP contribution in [0.25, 0.3) is 11.3 Å². The van der Waals surface area contributed by atoms with Crippen LogP contribution in [0.3, 0.4) is 0 Å². The summed E-state index contributed by atoms with van der Waals surface area (Å²) in [5, 5.41) is 5.92. The lowest BCUT2D eigenvalue weighted by Gasteiger charge is -2.16. The fourth-order valence-corrected chi connectivity index (χ4v) is 3.19. The quantitative estimate of drug-likeness (QED) is 0.630. The predicted octanol–water partition coefficient (Wildman–Crippen LogP) is 4.92. The standard InChI is InChI=1S/C21H22N2O3S/c1-4-25-16-9-11-17(12-10-16)26-14(2)21(24)23-19-8-6-5-7-18(19)20-13-27-15(3)22-20/h5-14H,4H2,1-3H3,(H,23,24). The van der Waals surface area contributed by atoms with Gasteiger partial charge in [0, 0.05) is 10.9 Å². The number of ether oxygens (including phenoxy) is 2. The SMILES string of the molecule is CCOc1ccc(OC(C)C(=O)Nc2ccccc2-c2csc(C)n2)cc1. The third-order valence-corrected chi connectivity index (χ3v) is 4.67. The van der Waals surface area contributed by atoms with Crippen LogP contribution in [-0.4, -0.2) is 23.6 Å². The Morgan fingerprint density at radius 1 is 1.15 bits per heavy atom. The lowest BCUT2D eigenvalue weighted by atomic mass is 10.1. The highest BCUT2D eigenvalue weighted by atomic mass is 32.1. The molecule has 0 aliphatic rings. The number of aromatic nitrogens is 1. The Kier molecular flexibility index (Phi) is 6.08. The van der Waals surface area contributed by atoms with Crippen LogP contribution in [-0.2, 0) is 4.79 Å². The van der Waals surface area contributed by atoms with E-state index in [0.717, 1.165) is 27.7 Å². The molecule has 3 rings (SSSR count). The first-order valence-electron chi connectivity index (χ1n) is 8.78. The first-order chi connectivity index (χ1) is 13.1. The minimum atomic E-state index is -0.645. The van der Waals surface area contributed by atoms with Crippen molar-refractivity contribution in [2.75, 3.05) is 11.9 Å². The maximum Gasteiger partial charge on any atom is 0.265 e. The minimum absolute atomic E-state index is 0.219. The van der Waals surface area contributed by atoms with Crippen LogP contribution < -0.4 is 14.8 Å². The van der Waals surface area contributed by atoms with E-state index in [1.54, 1.807) is 30.4 Å². The van der Waals surface area contributed by atoms with Gasteiger partial charge in [0.2, 0.25) is 0 Å². The van der Waals surface area contributed by atoms with Crippen LogP contribution in [0.4, 0.5) is 5.69 Å². The summed E-state index contributed by atoms with van der Waals surface area (Å²) >= 11 is 1.58. The van der Waals surface area contributed by atoms with Gasteiger partial charge >= 0.3 is 0 Å². The van der Waals surface area contributed by atoms with Gasteiger partial charge in [-0.15, -0.1) is 11.3 Å². The Labute approximate surface area is 163 Å². The van der Waals surface area contributed by atoms with Gasteiger partial charge in [0.05, 0.1) is 23.0 Å². The summed E-state index contributed by atoms with van der Waals surface area (Å²) in [7, 11) is 0. The molecule has 3 aromatic rings. The normalized spacial score (nSPS) is 11.7. The van der Waals surface area contributed by atoms with E-state index in [1.165, 1.54) is 0 Å². The maximum absolute atomic E-state index is 12.6. The Morgan fingerprint density at radius 3 is 2.52 bits per heavy atom. The zero-order valence-corrected chi connectivity index (χ0v) is 16.4. The first kappa shape index (κ1) is 18.9. The highest BCUT2D eigenvalue weighted by Crippen LogP contribution is 2.29. The number of amides is 1. The molecule has 140 valence electrons. The van der Waals surface area contributed by atoms with Crippen LogP contribution in [0.15, 0.2) is 53.9 Å². The Hall–Kier alpha value is -2.86. The van der Waals surface area contributed by atoms with Crippen molar-refractivity contribution in [2.45, 2.75) is 26.9 Å². The highest BCUT2D eigenvalue weighted by molar-refractivity contribution is 7.09. The Bertz CT molecular complexity index is 906. The van der Waals surface area contributed by atoms with Gasteiger partial charge < -0.3 is 14.8 Å². The molecule has 6 heteroatoms. The molecule has 0 bridgehead atoms. The van der Waals surface area contributed by atoms with E-state index >= 15 is 0 Å². The molecule has 0 aliphatic heterocycles. The third-order valence-electron chi connectivity index (χ3n) is 3.90. The van der Waals surface area contributed by atoms with Crippen LogP contribution in [0.2, 0.25) is 0 Å². The molecule has 1 heterocycles. The topological polar surface area (TPSA) is 60.5 Å². The number of carbonyl (C=O) groups is 1. The maximum atomic E-state index is 12.6. The summed E-state index contributed by atoms with van der Waals surface area (Å²) in [6, 6.07) is 14.9. The van der Waals surface area contributed by atoms with Gasteiger partial charge in [-0.2, -0.15) is 0 Å². The van der Waals surface area contributed by atoms with Crippen molar-refractivity contribution < 1.29 is 14.3 Å². The molecule has 0 spiro atoms. The number of anilines is 1. The van der Waals surface area contributed by atoms with Crippen LogP contribution in [0, 0.1) is 6.92 Å². The lowest BCUT2D eigenvalue weighted by molar-refractivity contribution is -0.122. The largest absolute Gasteiger partial charge is 0.494 e. The molecule has 0 fully saturated rings. The first-order valence-corrected chi connectivity index (χ1v) is 9.66. The second-order valence-corrected chi connectivity index (χ2v) is 7.01. The predicted molar refractivity (Wildman–Crippen MR) is 109 cm³/mol. The summed E-state index contributed by atoms with van der Waals surface area (Å²) in [6.45, 7) is 6.22.